The Kier molecular flexibility index (Phi) is 11.3. The van der Waals surface area contributed by atoms with Gasteiger partial charge in [-0.1, -0.05) is 97.8 Å². The van der Waals surface area contributed by atoms with E-state index in [1.54, 1.807) is 0 Å². The van der Waals surface area contributed by atoms with E-state index in [0.29, 0.717) is 6.16 Å². The van der Waals surface area contributed by atoms with E-state index in [1.165, 1.54) is 60.1 Å². The molecule has 213 valence electrons. The molecule has 0 unspecified atom stereocenters. The van der Waals surface area contributed by atoms with Crippen molar-refractivity contribution in [3.63, 3.8) is 0 Å². The third-order valence-corrected chi connectivity index (χ3v) is 15.0. The molecule has 0 aliphatic carbocycles. The van der Waals surface area contributed by atoms with Gasteiger partial charge in [0, 0.05) is 0 Å². The van der Waals surface area contributed by atoms with Gasteiger partial charge in [0.25, 0.3) is 0 Å². The Balaban J connectivity index is 0.000000131. The van der Waals surface area contributed by atoms with Crippen molar-refractivity contribution in [3.8, 4) is 22.3 Å². The van der Waals surface area contributed by atoms with Gasteiger partial charge >= 0.3 is 87.2 Å². The fourth-order valence-electron chi connectivity index (χ4n) is 5.15. The fourth-order valence-corrected chi connectivity index (χ4v) is 12.5. The first-order chi connectivity index (χ1) is 20.9. The summed E-state index contributed by atoms with van der Waals surface area (Å²) in [6.07, 6.45) is 0.626. The summed E-state index contributed by atoms with van der Waals surface area (Å²) in [5, 5.41) is 7.34. The first-order valence-electron chi connectivity index (χ1n) is 14.0. The maximum absolute atomic E-state index is 5.79. The average Bonchev–Trinajstić information content (AvgIpc) is 3.60. The number of rotatable bonds is 3. The van der Waals surface area contributed by atoms with Crippen molar-refractivity contribution in [2.45, 2.75) is 13.8 Å². The van der Waals surface area contributed by atoms with Crippen molar-refractivity contribution in [1.29, 1.82) is 0 Å². The van der Waals surface area contributed by atoms with Gasteiger partial charge in [0.2, 0.25) is 0 Å². The maximum atomic E-state index is 5.79. The van der Waals surface area contributed by atoms with Crippen LogP contribution in [0, 0.1) is 13.8 Å². The molecular formula is C38H30Cl3SiZr-2. The van der Waals surface area contributed by atoms with E-state index in [0.717, 1.165) is 5.02 Å². The molecule has 0 fully saturated rings. The van der Waals surface area contributed by atoms with Gasteiger partial charge < -0.3 is 0 Å². The number of hydrogen-bond donors (Lipinski definition) is 0. The van der Waals surface area contributed by atoms with Gasteiger partial charge in [-0.3, -0.25) is 0 Å². The summed E-state index contributed by atoms with van der Waals surface area (Å²) < 4.78 is 0. The van der Waals surface area contributed by atoms with Gasteiger partial charge in [0.05, 0.1) is 0 Å². The molecule has 0 N–H and O–H groups in total. The average molecular weight is 712 g/mol. The summed E-state index contributed by atoms with van der Waals surface area (Å²) in [6, 6.07) is 50.8. The van der Waals surface area contributed by atoms with Crippen LogP contribution in [0.25, 0.3) is 43.8 Å². The van der Waals surface area contributed by atoms with E-state index >= 15 is 0 Å². The molecule has 0 spiro atoms. The molecule has 7 aromatic carbocycles. The summed E-state index contributed by atoms with van der Waals surface area (Å²) >= 11 is 3.73. The number of halogens is 3. The minimum atomic E-state index is -1.97. The molecule has 0 nitrogen and oxygen atoms in total. The molecular weight excluding hydrogens is 682 g/mol. The van der Waals surface area contributed by atoms with Crippen LogP contribution in [0.3, 0.4) is 0 Å². The van der Waals surface area contributed by atoms with Crippen LogP contribution in [0.5, 0.6) is 0 Å². The van der Waals surface area contributed by atoms with Crippen LogP contribution in [0.1, 0.15) is 11.1 Å². The van der Waals surface area contributed by atoms with Crippen LogP contribution in [-0.2, 0) is 18.0 Å². The van der Waals surface area contributed by atoms with E-state index in [1.807, 2.05) is 24.3 Å². The molecule has 0 bridgehead atoms. The molecule has 0 aromatic heterocycles. The predicted molar refractivity (Wildman–Crippen MR) is 188 cm³/mol. The normalized spacial score (nSPS) is 10.4. The molecule has 0 atom stereocenters. The van der Waals surface area contributed by atoms with Gasteiger partial charge in [-0.05, 0) is 11.1 Å². The van der Waals surface area contributed by atoms with Gasteiger partial charge in [0.15, 0.2) is 0 Å². The van der Waals surface area contributed by atoms with Crippen LogP contribution in [-0.4, -0.2) is 6.16 Å². The van der Waals surface area contributed by atoms with Crippen molar-refractivity contribution < 1.29 is 18.0 Å². The van der Waals surface area contributed by atoms with E-state index in [9.17, 15) is 0 Å². The van der Waals surface area contributed by atoms with Gasteiger partial charge in [-0.25, -0.2) is 0 Å². The summed E-state index contributed by atoms with van der Waals surface area (Å²) in [5.74, 6) is 0. The van der Waals surface area contributed by atoms with Crippen molar-refractivity contribution in [1.82, 2.24) is 0 Å². The van der Waals surface area contributed by atoms with Crippen molar-refractivity contribution in [2.24, 2.45) is 0 Å². The Morgan fingerprint density at radius 1 is 0.535 bits per heavy atom. The Morgan fingerprint density at radius 3 is 1.40 bits per heavy atom. The van der Waals surface area contributed by atoms with Gasteiger partial charge in [-0.15, -0.1) is 69.1 Å². The Hall–Kier alpha value is -2.71. The zero-order chi connectivity index (χ0) is 30.2. The molecule has 7 rings (SSSR count). The second-order valence-electron chi connectivity index (χ2n) is 10.3. The molecule has 5 heteroatoms. The van der Waals surface area contributed by atoms with Gasteiger partial charge in [0.1, 0.15) is 0 Å². The Bertz CT molecular complexity index is 1830. The molecule has 7 aromatic rings. The van der Waals surface area contributed by atoms with Crippen molar-refractivity contribution >= 4 is 61.5 Å². The Morgan fingerprint density at radius 2 is 0.977 bits per heavy atom. The van der Waals surface area contributed by atoms with Crippen molar-refractivity contribution in [3.05, 3.63) is 162 Å². The van der Waals surface area contributed by atoms with E-state index < -0.39 is 18.0 Å². The summed E-state index contributed by atoms with van der Waals surface area (Å²) in [6.45, 7) is 4.30. The number of hydrogen-bond acceptors (Lipinski definition) is 0. The van der Waals surface area contributed by atoms with Crippen LogP contribution in [0.15, 0.2) is 146 Å². The Labute approximate surface area is 275 Å². The van der Waals surface area contributed by atoms with E-state index in [4.69, 9.17) is 28.6 Å². The van der Waals surface area contributed by atoms with Crippen LogP contribution < -0.4 is 5.19 Å². The first kappa shape index (κ1) is 31.7. The number of benzene rings is 5. The quantitative estimate of drug-likeness (QED) is 0.126. The summed E-state index contributed by atoms with van der Waals surface area (Å²) in [4.78, 5) is 0. The summed E-state index contributed by atoms with van der Waals surface area (Å²) in [7, 11) is 11.6. The fraction of sp³-hybridized carbons (Fsp3) is 0.0526. The molecule has 0 amide bonds. The topological polar surface area (TPSA) is 0 Å². The monoisotopic (exact) mass is 709 g/mol. The zero-order valence-electron chi connectivity index (χ0n) is 24.0. The third kappa shape index (κ3) is 8.69. The van der Waals surface area contributed by atoms with Crippen LogP contribution >= 0.6 is 28.6 Å². The SMILES string of the molecule is Cc1cc2c(-c3ccccc3)cccc2[cH-]1.Cc1cc2c(-c3ccccc3)cccc2[cH-]1.Clc1ccc([Si]=[Zr]([Cl])[Cl])cc1. The van der Waals surface area contributed by atoms with Crippen LogP contribution in [0.4, 0.5) is 0 Å². The first-order valence-corrected chi connectivity index (χ1v) is 25.4. The molecule has 0 aliphatic heterocycles. The van der Waals surface area contributed by atoms with E-state index in [-0.39, 0.29) is 0 Å². The van der Waals surface area contributed by atoms with Gasteiger partial charge in [-0.2, -0.15) is 12.1 Å². The number of aryl methyl sites for hydroxylation is 2. The molecule has 1 radical (unpaired) electrons. The van der Waals surface area contributed by atoms with Crippen molar-refractivity contribution in [2.75, 3.05) is 0 Å². The second-order valence-corrected chi connectivity index (χ2v) is 27.0. The molecule has 0 heterocycles. The summed E-state index contributed by atoms with van der Waals surface area (Å²) in [5.41, 5.74) is 7.89. The van der Waals surface area contributed by atoms with Crippen LogP contribution in [0.2, 0.25) is 5.02 Å². The number of fused-ring (bicyclic) bond motifs is 2. The minimum absolute atomic E-state index is 0.626. The third-order valence-electron chi connectivity index (χ3n) is 7.04. The second kappa shape index (κ2) is 15.3. The standard InChI is InChI=1S/2C16H13.C6H4ClSi.2ClH.Zr/c2*1-12-10-14-8-5-9-15(16(14)11-12)13-6-3-2-4-7-13;7-5-1-3-6(8)4-2-5;;;/h2*2-11H,1H3;1-4H;2*1H;/q2*-1;;;;+2/p-2. The molecule has 43 heavy (non-hydrogen) atoms. The van der Waals surface area contributed by atoms with E-state index in [2.05, 4.69) is 135 Å². The zero-order valence-corrected chi connectivity index (χ0v) is 29.7. The molecule has 0 aliphatic rings. The molecule has 0 saturated heterocycles. The molecule has 0 saturated carbocycles. The predicted octanol–water partition coefficient (Wildman–Crippen LogP) is 11.6.